The molecule has 1 heterocycles. The Labute approximate surface area is 131 Å². The predicted molar refractivity (Wildman–Crippen MR) is 87.3 cm³/mol. The molecule has 0 radical (unpaired) electrons. The molecule has 1 fully saturated rings. The average molecular weight is 303 g/mol. The number of nitrogens with one attached hydrogen (secondary N) is 1. The average Bonchev–Trinajstić information content (AvgIpc) is 2.36. The summed E-state index contributed by atoms with van der Waals surface area (Å²) in [6, 6.07) is 9.03. The number of nitrogens with zero attached hydrogens (tertiary/aromatic N) is 1. The topological polar surface area (TPSA) is 75.4 Å². The lowest BCUT2D eigenvalue weighted by molar-refractivity contribution is -0.156. The Morgan fingerprint density at radius 2 is 1.59 bits per heavy atom. The van der Waals surface area contributed by atoms with Gasteiger partial charge in [-0.2, -0.15) is 0 Å². The fraction of sp³-hybridized carbons (Fsp3) is 0.529. The maximum absolute atomic E-state index is 12.7. The quantitative estimate of drug-likeness (QED) is 0.780. The van der Waals surface area contributed by atoms with Crippen molar-refractivity contribution < 1.29 is 9.59 Å². The van der Waals surface area contributed by atoms with Crippen LogP contribution in [-0.2, 0) is 9.59 Å². The molecule has 0 bridgehead atoms. The number of carbonyl (C=O) groups excluding carboxylic acids is 2. The van der Waals surface area contributed by atoms with Crippen molar-refractivity contribution in [3.05, 3.63) is 30.3 Å². The van der Waals surface area contributed by atoms with E-state index in [-0.39, 0.29) is 6.04 Å². The molecule has 1 aliphatic rings. The Bertz CT molecular complexity index is 549. The number of piperidine rings is 1. The summed E-state index contributed by atoms with van der Waals surface area (Å²) in [6.45, 7) is 7.84. The molecule has 0 spiro atoms. The summed E-state index contributed by atoms with van der Waals surface area (Å²) in [5, 5.41) is 2.66. The van der Waals surface area contributed by atoms with Gasteiger partial charge in [-0.25, -0.2) is 0 Å². The van der Waals surface area contributed by atoms with E-state index in [2.05, 4.69) is 5.32 Å². The van der Waals surface area contributed by atoms with Crippen LogP contribution in [0.5, 0.6) is 0 Å². The standard InChI is InChI=1S/C17H25N3O2/c1-16(2)10-12(18)11-17(3,4)20(16)15(22)14(21)19-13-8-6-5-7-9-13/h5-9,12H,10-11,18H2,1-4H3,(H,19,21). The second-order valence-electron chi connectivity index (χ2n) is 7.25. The second kappa shape index (κ2) is 5.72. The Hall–Kier alpha value is -1.88. The summed E-state index contributed by atoms with van der Waals surface area (Å²) < 4.78 is 0. The van der Waals surface area contributed by atoms with Crippen LogP contribution in [0.1, 0.15) is 40.5 Å². The predicted octanol–water partition coefficient (Wildman–Crippen LogP) is 2.13. The van der Waals surface area contributed by atoms with Crippen LogP contribution in [-0.4, -0.2) is 33.8 Å². The minimum atomic E-state index is -0.608. The lowest BCUT2D eigenvalue weighted by Crippen LogP contribution is -2.66. The molecule has 0 unspecified atom stereocenters. The Kier molecular flexibility index (Phi) is 4.29. The zero-order valence-electron chi connectivity index (χ0n) is 13.7. The van der Waals surface area contributed by atoms with Crippen LogP contribution in [0.3, 0.4) is 0 Å². The van der Waals surface area contributed by atoms with E-state index >= 15 is 0 Å². The first kappa shape index (κ1) is 16.5. The molecule has 1 aromatic rings. The van der Waals surface area contributed by atoms with E-state index in [0.29, 0.717) is 18.5 Å². The number of rotatable bonds is 1. The van der Waals surface area contributed by atoms with Crippen molar-refractivity contribution in [2.24, 2.45) is 5.73 Å². The van der Waals surface area contributed by atoms with Gasteiger partial charge in [0, 0.05) is 22.8 Å². The summed E-state index contributed by atoms with van der Waals surface area (Å²) >= 11 is 0. The minimum Gasteiger partial charge on any atom is -0.328 e. The maximum Gasteiger partial charge on any atom is 0.313 e. The smallest absolute Gasteiger partial charge is 0.313 e. The van der Waals surface area contributed by atoms with Gasteiger partial charge in [0.1, 0.15) is 0 Å². The molecule has 3 N–H and O–H groups in total. The number of nitrogens with two attached hydrogens (primary N) is 1. The van der Waals surface area contributed by atoms with Crippen molar-refractivity contribution in [2.75, 3.05) is 5.32 Å². The Balaban J connectivity index is 2.21. The lowest BCUT2D eigenvalue weighted by Gasteiger charge is -2.54. The van der Waals surface area contributed by atoms with E-state index in [1.807, 2.05) is 45.9 Å². The van der Waals surface area contributed by atoms with E-state index in [1.165, 1.54) is 0 Å². The zero-order valence-corrected chi connectivity index (χ0v) is 13.7. The third-order valence-electron chi connectivity index (χ3n) is 4.16. The maximum atomic E-state index is 12.7. The molecule has 2 amide bonds. The fourth-order valence-electron chi connectivity index (χ4n) is 3.71. The van der Waals surface area contributed by atoms with E-state index in [9.17, 15) is 9.59 Å². The molecule has 1 aromatic carbocycles. The number of likely N-dealkylation sites (tertiary alicyclic amines) is 1. The van der Waals surface area contributed by atoms with Crippen LogP contribution < -0.4 is 11.1 Å². The summed E-state index contributed by atoms with van der Waals surface area (Å²) in [6.07, 6.45) is 1.36. The van der Waals surface area contributed by atoms with Crippen LogP contribution >= 0.6 is 0 Å². The molecule has 5 heteroatoms. The van der Waals surface area contributed by atoms with Gasteiger partial charge in [-0.15, -0.1) is 0 Å². The number of benzene rings is 1. The van der Waals surface area contributed by atoms with Gasteiger partial charge in [0.2, 0.25) is 0 Å². The molecule has 0 aromatic heterocycles. The molecule has 5 nitrogen and oxygen atoms in total. The van der Waals surface area contributed by atoms with E-state index in [4.69, 9.17) is 5.73 Å². The molecule has 22 heavy (non-hydrogen) atoms. The third-order valence-corrected chi connectivity index (χ3v) is 4.16. The highest BCUT2D eigenvalue weighted by Crippen LogP contribution is 2.37. The first-order valence-electron chi connectivity index (χ1n) is 7.60. The first-order valence-corrected chi connectivity index (χ1v) is 7.60. The van der Waals surface area contributed by atoms with E-state index in [0.717, 1.165) is 0 Å². The number of anilines is 1. The second-order valence-corrected chi connectivity index (χ2v) is 7.25. The molecule has 1 saturated heterocycles. The molecule has 0 saturated carbocycles. The normalized spacial score (nSPS) is 20.5. The number of carbonyl (C=O) groups is 2. The van der Waals surface area contributed by atoms with Crippen molar-refractivity contribution >= 4 is 17.5 Å². The van der Waals surface area contributed by atoms with Crippen LogP contribution in [0.2, 0.25) is 0 Å². The van der Waals surface area contributed by atoms with Gasteiger partial charge in [0.15, 0.2) is 0 Å². The SMILES string of the molecule is CC1(C)CC(N)CC(C)(C)N1C(=O)C(=O)Nc1ccccc1. The summed E-state index contributed by atoms with van der Waals surface area (Å²) in [5.41, 5.74) is 5.82. The highest BCUT2D eigenvalue weighted by Gasteiger charge is 2.48. The number of amides is 2. The van der Waals surface area contributed by atoms with Gasteiger partial charge in [0.25, 0.3) is 0 Å². The van der Waals surface area contributed by atoms with E-state index in [1.54, 1.807) is 17.0 Å². The van der Waals surface area contributed by atoms with Crippen LogP contribution in [0.25, 0.3) is 0 Å². The summed E-state index contributed by atoms with van der Waals surface area (Å²) in [4.78, 5) is 26.7. The van der Waals surface area contributed by atoms with Crippen molar-refractivity contribution in [2.45, 2.75) is 57.7 Å². The molecular weight excluding hydrogens is 278 g/mol. The van der Waals surface area contributed by atoms with Gasteiger partial charge in [-0.05, 0) is 52.7 Å². The minimum absolute atomic E-state index is 0.0336. The molecule has 120 valence electrons. The van der Waals surface area contributed by atoms with Crippen LogP contribution in [0, 0.1) is 0 Å². The largest absolute Gasteiger partial charge is 0.328 e. The van der Waals surface area contributed by atoms with Crippen LogP contribution in [0.15, 0.2) is 30.3 Å². The van der Waals surface area contributed by atoms with Gasteiger partial charge in [-0.1, -0.05) is 18.2 Å². The van der Waals surface area contributed by atoms with Gasteiger partial charge >= 0.3 is 11.8 Å². The van der Waals surface area contributed by atoms with E-state index < -0.39 is 22.9 Å². The van der Waals surface area contributed by atoms with Crippen LogP contribution in [0.4, 0.5) is 5.69 Å². The van der Waals surface area contributed by atoms with Crippen molar-refractivity contribution in [3.8, 4) is 0 Å². The molecule has 0 atom stereocenters. The van der Waals surface area contributed by atoms with Gasteiger partial charge in [0.05, 0.1) is 0 Å². The number of hydrogen-bond acceptors (Lipinski definition) is 3. The highest BCUT2D eigenvalue weighted by molar-refractivity contribution is 6.39. The summed E-state index contributed by atoms with van der Waals surface area (Å²) in [5.74, 6) is -1.12. The molecule has 2 rings (SSSR count). The monoisotopic (exact) mass is 303 g/mol. The van der Waals surface area contributed by atoms with Gasteiger partial charge in [-0.3, -0.25) is 9.59 Å². The molecule has 0 aliphatic carbocycles. The first-order chi connectivity index (χ1) is 10.1. The van der Waals surface area contributed by atoms with Crippen molar-refractivity contribution in [3.63, 3.8) is 0 Å². The molecular formula is C17H25N3O2. The van der Waals surface area contributed by atoms with Crippen molar-refractivity contribution in [1.29, 1.82) is 0 Å². The number of para-hydroxylation sites is 1. The van der Waals surface area contributed by atoms with Crippen molar-refractivity contribution in [1.82, 2.24) is 4.90 Å². The van der Waals surface area contributed by atoms with Gasteiger partial charge < -0.3 is 16.0 Å². The Morgan fingerprint density at radius 1 is 1.09 bits per heavy atom. The Morgan fingerprint density at radius 3 is 2.09 bits per heavy atom. The highest BCUT2D eigenvalue weighted by atomic mass is 16.2. The fourth-order valence-corrected chi connectivity index (χ4v) is 3.71. The lowest BCUT2D eigenvalue weighted by atomic mass is 9.77. The zero-order chi connectivity index (χ0) is 16.5. The summed E-state index contributed by atoms with van der Waals surface area (Å²) in [7, 11) is 0. The number of hydrogen-bond donors (Lipinski definition) is 2. The molecule has 1 aliphatic heterocycles. The third kappa shape index (κ3) is 3.30.